The van der Waals surface area contributed by atoms with E-state index in [0.29, 0.717) is 17.2 Å². The molecule has 1 aliphatic rings. The number of aliphatic carboxylic acids is 1. The number of carbonyl (C=O) groups is 2. The number of rotatable bonds is 5. The number of aromatic nitrogens is 1. The molecule has 0 unspecified atom stereocenters. The quantitative estimate of drug-likeness (QED) is 0.885. The van der Waals surface area contributed by atoms with Crippen LogP contribution in [0.5, 0.6) is 0 Å². The lowest BCUT2D eigenvalue weighted by Crippen LogP contribution is -2.33. The van der Waals surface area contributed by atoms with Crippen LogP contribution in [0.2, 0.25) is 0 Å². The standard InChI is InChI=1S/C15H17N3O4/c1-18(7-6-13(19)20)15(21)16-10-4-5-11-12(8-10)22-14(17-11)9-2-3-9/h4-5,8-9H,2-3,6-7H2,1H3,(H,16,21)(H,19,20). The predicted molar refractivity (Wildman–Crippen MR) is 79.9 cm³/mol. The minimum atomic E-state index is -0.935. The van der Waals surface area contributed by atoms with Gasteiger partial charge in [-0.1, -0.05) is 0 Å². The van der Waals surface area contributed by atoms with E-state index in [1.807, 2.05) is 0 Å². The van der Waals surface area contributed by atoms with Gasteiger partial charge in [0.25, 0.3) is 0 Å². The van der Waals surface area contributed by atoms with Crippen LogP contribution in [0.25, 0.3) is 11.1 Å². The lowest BCUT2D eigenvalue weighted by atomic mass is 10.3. The number of hydrogen-bond donors (Lipinski definition) is 2. The summed E-state index contributed by atoms with van der Waals surface area (Å²) in [5, 5.41) is 11.3. The molecule has 0 bridgehead atoms. The van der Waals surface area contributed by atoms with E-state index in [1.165, 1.54) is 4.90 Å². The Kier molecular flexibility index (Phi) is 3.70. The molecule has 22 heavy (non-hydrogen) atoms. The first-order valence-corrected chi connectivity index (χ1v) is 7.17. The van der Waals surface area contributed by atoms with Crippen molar-refractivity contribution >= 4 is 28.8 Å². The van der Waals surface area contributed by atoms with Gasteiger partial charge in [0.2, 0.25) is 0 Å². The second kappa shape index (κ2) is 5.67. The van der Waals surface area contributed by atoms with Gasteiger partial charge in [-0.2, -0.15) is 0 Å². The van der Waals surface area contributed by atoms with Crippen LogP contribution in [0.1, 0.15) is 31.1 Å². The van der Waals surface area contributed by atoms with Gasteiger partial charge in [0.1, 0.15) is 5.52 Å². The molecular weight excluding hydrogens is 286 g/mol. The maximum atomic E-state index is 12.0. The minimum absolute atomic E-state index is 0.0875. The number of nitrogens with one attached hydrogen (secondary N) is 1. The molecule has 0 saturated heterocycles. The SMILES string of the molecule is CN(CCC(=O)O)C(=O)Nc1ccc2nc(C3CC3)oc2c1. The van der Waals surface area contributed by atoms with E-state index in [4.69, 9.17) is 9.52 Å². The number of hydrogen-bond acceptors (Lipinski definition) is 4. The lowest BCUT2D eigenvalue weighted by molar-refractivity contribution is -0.137. The summed E-state index contributed by atoms with van der Waals surface area (Å²) in [5.74, 6) is 0.264. The number of urea groups is 1. The van der Waals surface area contributed by atoms with Crippen LogP contribution >= 0.6 is 0 Å². The number of oxazole rings is 1. The van der Waals surface area contributed by atoms with Gasteiger partial charge in [-0.05, 0) is 25.0 Å². The Balaban J connectivity index is 1.67. The van der Waals surface area contributed by atoms with Crippen LogP contribution in [0.4, 0.5) is 10.5 Å². The maximum Gasteiger partial charge on any atom is 0.321 e. The smallest absolute Gasteiger partial charge is 0.321 e. The Morgan fingerprint density at radius 3 is 2.91 bits per heavy atom. The van der Waals surface area contributed by atoms with Crippen LogP contribution in [0.15, 0.2) is 22.6 Å². The van der Waals surface area contributed by atoms with Crippen molar-refractivity contribution in [1.29, 1.82) is 0 Å². The molecule has 1 aromatic heterocycles. The van der Waals surface area contributed by atoms with Gasteiger partial charge in [-0.15, -0.1) is 0 Å². The number of carboxylic acids is 1. The second-order valence-corrected chi connectivity index (χ2v) is 5.50. The van der Waals surface area contributed by atoms with Crippen LogP contribution in [0, 0.1) is 0 Å². The number of carbonyl (C=O) groups excluding carboxylic acids is 1. The molecule has 2 N–H and O–H groups in total. The third-order valence-corrected chi connectivity index (χ3v) is 3.59. The summed E-state index contributed by atoms with van der Waals surface area (Å²) in [6, 6.07) is 4.93. The Bertz CT molecular complexity index is 721. The molecule has 2 amide bonds. The van der Waals surface area contributed by atoms with Crippen LogP contribution < -0.4 is 5.32 Å². The highest BCUT2D eigenvalue weighted by atomic mass is 16.4. The normalized spacial score (nSPS) is 14.0. The molecule has 1 heterocycles. The fraction of sp³-hybridized carbons (Fsp3) is 0.400. The van der Waals surface area contributed by atoms with E-state index >= 15 is 0 Å². The van der Waals surface area contributed by atoms with Crippen molar-refractivity contribution in [1.82, 2.24) is 9.88 Å². The maximum absolute atomic E-state index is 12.0. The third-order valence-electron chi connectivity index (χ3n) is 3.59. The molecule has 1 aromatic carbocycles. The van der Waals surface area contributed by atoms with Gasteiger partial charge in [0, 0.05) is 31.3 Å². The molecule has 116 valence electrons. The summed E-state index contributed by atoms with van der Waals surface area (Å²) >= 11 is 0. The van der Waals surface area contributed by atoms with Crippen molar-refractivity contribution in [2.24, 2.45) is 0 Å². The molecule has 7 nitrogen and oxygen atoms in total. The van der Waals surface area contributed by atoms with E-state index < -0.39 is 5.97 Å². The first-order valence-electron chi connectivity index (χ1n) is 7.17. The van der Waals surface area contributed by atoms with Gasteiger partial charge < -0.3 is 19.7 Å². The van der Waals surface area contributed by atoms with Crippen molar-refractivity contribution in [3.05, 3.63) is 24.1 Å². The summed E-state index contributed by atoms with van der Waals surface area (Å²) < 4.78 is 5.70. The average molecular weight is 303 g/mol. The number of anilines is 1. The van der Waals surface area contributed by atoms with Gasteiger partial charge in [0.05, 0.1) is 6.42 Å². The van der Waals surface area contributed by atoms with E-state index in [-0.39, 0.29) is 19.0 Å². The largest absolute Gasteiger partial charge is 0.481 e. The van der Waals surface area contributed by atoms with Crippen molar-refractivity contribution in [3.63, 3.8) is 0 Å². The molecular formula is C15H17N3O4. The molecule has 1 saturated carbocycles. The van der Waals surface area contributed by atoms with E-state index in [2.05, 4.69) is 10.3 Å². The van der Waals surface area contributed by atoms with Crippen molar-refractivity contribution < 1.29 is 19.1 Å². The lowest BCUT2D eigenvalue weighted by Gasteiger charge is -2.16. The molecule has 0 radical (unpaired) electrons. The summed E-state index contributed by atoms with van der Waals surface area (Å²) in [6.07, 6.45) is 2.14. The molecule has 2 aromatic rings. The van der Waals surface area contributed by atoms with Crippen LogP contribution in [-0.4, -0.2) is 40.6 Å². The molecule has 7 heteroatoms. The van der Waals surface area contributed by atoms with Gasteiger partial charge in [-0.25, -0.2) is 9.78 Å². The topological polar surface area (TPSA) is 95.7 Å². The fourth-order valence-corrected chi connectivity index (χ4v) is 2.11. The van der Waals surface area contributed by atoms with Crippen molar-refractivity contribution in [2.75, 3.05) is 18.9 Å². The number of nitrogens with zero attached hydrogens (tertiary/aromatic N) is 2. The second-order valence-electron chi connectivity index (χ2n) is 5.50. The molecule has 0 spiro atoms. The fourth-order valence-electron chi connectivity index (χ4n) is 2.11. The Hall–Kier alpha value is -2.57. The number of benzene rings is 1. The highest BCUT2D eigenvalue weighted by Crippen LogP contribution is 2.40. The highest BCUT2D eigenvalue weighted by Gasteiger charge is 2.28. The highest BCUT2D eigenvalue weighted by molar-refractivity contribution is 5.91. The molecule has 1 fully saturated rings. The number of amides is 2. The average Bonchev–Trinajstić information content (AvgIpc) is 3.24. The Morgan fingerprint density at radius 2 is 2.23 bits per heavy atom. The number of fused-ring (bicyclic) bond motifs is 1. The van der Waals surface area contributed by atoms with Gasteiger partial charge in [-0.3, -0.25) is 4.79 Å². The van der Waals surface area contributed by atoms with Gasteiger partial charge >= 0.3 is 12.0 Å². The van der Waals surface area contributed by atoms with Crippen molar-refractivity contribution in [3.8, 4) is 0 Å². The van der Waals surface area contributed by atoms with E-state index in [1.54, 1.807) is 25.2 Å². The molecule has 0 aliphatic heterocycles. The van der Waals surface area contributed by atoms with E-state index in [0.717, 1.165) is 24.2 Å². The zero-order chi connectivity index (χ0) is 15.7. The van der Waals surface area contributed by atoms with Crippen LogP contribution in [-0.2, 0) is 4.79 Å². The van der Waals surface area contributed by atoms with Gasteiger partial charge in [0.15, 0.2) is 11.5 Å². The molecule has 0 atom stereocenters. The predicted octanol–water partition coefficient (Wildman–Crippen LogP) is 2.64. The molecule has 1 aliphatic carbocycles. The Labute approximate surface area is 126 Å². The summed E-state index contributed by atoms with van der Waals surface area (Å²) in [7, 11) is 1.55. The monoisotopic (exact) mass is 303 g/mol. The number of carboxylic acid groups (broad SMARTS) is 1. The Morgan fingerprint density at radius 1 is 1.45 bits per heavy atom. The first-order chi connectivity index (χ1) is 10.5. The van der Waals surface area contributed by atoms with Crippen molar-refractivity contribution in [2.45, 2.75) is 25.2 Å². The molecule has 3 rings (SSSR count). The summed E-state index contributed by atoms with van der Waals surface area (Å²) in [6.45, 7) is 0.150. The van der Waals surface area contributed by atoms with E-state index in [9.17, 15) is 9.59 Å². The first kappa shape index (κ1) is 14.4. The summed E-state index contributed by atoms with van der Waals surface area (Å²) in [5.41, 5.74) is 2.02. The van der Waals surface area contributed by atoms with Crippen LogP contribution in [0.3, 0.4) is 0 Å². The zero-order valence-electron chi connectivity index (χ0n) is 12.2. The third kappa shape index (κ3) is 3.19. The summed E-state index contributed by atoms with van der Waals surface area (Å²) in [4.78, 5) is 28.2. The minimum Gasteiger partial charge on any atom is -0.481 e. The zero-order valence-corrected chi connectivity index (χ0v) is 12.2.